The number of benzene rings is 1. The first kappa shape index (κ1) is 12.0. The van der Waals surface area contributed by atoms with Gasteiger partial charge in [-0.3, -0.25) is 0 Å². The molecule has 1 rings (SSSR count). The van der Waals surface area contributed by atoms with E-state index in [1.165, 1.54) is 7.11 Å². The van der Waals surface area contributed by atoms with Crippen molar-refractivity contribution >= 4 is 15.5 Å². The number of rotatable bonds is 5. The van der Waals surface area contributed by atoms with Crippen LogP contribution in [0.1, 0.15) is 5.56 Å². The van der Waals surface area contributed by atoms with E-state index in [2.05, 4.69) is 0 Å². The first-order chi connectivity index (χ1) is 7.03. The molecule has 0 amide bonds. The van der Waals surface area contributed by atoms with Crippen molar-refractivity contribution in [3.8, 4) is 0 Å². The highest BCUT2D eigenvalue weighted by atomic mass is 32.2. The minimum absolute atomic E-state index is 0.0383. The molecule has 0 aliphatic carbocycles. The van der Waals surface area contributed by atoms with Crippen molar-refractivity contribution in [1.82, 2.24) is 0 Å². The third-order valence-corrected chi connectivity index (χ3v) is 3.53. The van der Waals surface area contributed by atoms with Crippen LogP contribution in [0, 0.1) is 0 Å². The molecule has 0 saturated heterocycles. The van der Waals surface area contributed by atoms with Crippen LogP contribution in [0.2, 0.25) is 0 Å². The molecule has 1 aromatic carbocycles. The van der Waals surface area contributed by atoms with E-state index in [-0.39, 0.29) is 18.1 Å². The number of hydrogen-bond donors (Lipinski definition) is 1. The molecule has 0 aromatic heterocycles. The van der Waals surface area contributed by atoms with Crippen molar-refractivity contribution in [2.75, 3.05) is 25.2 Å². The van der Waals surface area contributed by atoms with Gasteiger partial charge in [-0.25, -0.2) is 8.42 Å². The maximum Gasteiger partial charge on any atom is 0.156 e. The lowest BCUT2D eigenvalue weighted by atomic mass is 10.2. The van der Waals surface area contributed by atoms with Crippen molar-refractivity contribution in [2.24, 2.45) is 0 Å². The lowest BCUT2D eigenvalue weighted by molar-refractivity contribution is 0.217. The van der Waals surface area contributed by atoms with E-state index in [1.54, 1.807) is 24.3 Å². The molecular formula is C10H15NO3S. The molecule has 0 spiro atoms. The Balaban J connectivity index is 2.65. The van der Waals surface area contributed by atoms with Crippen molar-refractivity contribution in [3.63, 3.8) is 0 Å². The second-order valence-electron chi connectivity index (χ2n) is 3.33. The van der Waals surface area contributed by atoms with Gasteiger partial charge in [0.25, 0.3) is 0 Å². The second kappa shape index (κ2) is 5.14. The molecule has 0 aliphatic heterocycles. The number of nitrogen functional groups attached to an aromatic ring is 1. The molecule has 0 heterocycles. The van der Waals surface area contributed by atoms with E-state index in [0.717, 1.165) is 5.56 Å². The molecular weight excluding hydrogens is 214 g/mol. The topological polar surface area (TPSA) is 69.4 Å². The molecule has 5 heteroatoms. The number of anilines is 1. The molecule has 1 aromatic rings. The fraction of sp³-hybridized carbons (Fsp3) is 0.400. The summed E-state index contributed by atoms with van der Waals surface area (Å²) in [6, 6.07) is 6.84. The summed E-state index contributed by atoms with van der Waals surface area (Å²) in [6.45, 7) is 0.233. The fourth-order valence-corrected chi connectivity index (χ4v) is 2.42. The Kier molecular flexibility index (Phi) is 4.11. The number of sulfone groups is 1. The molecule has 0 fully saturated rings. The summed E-state index contributed by atoms with van der Waals surface area (Å²) >= 11 is 0. The van der Waals surface area contributed by atoms with Crippen molar-refractivity contribution in [2.45, 2.75) is 5.75 Å². The van der Waals surface area contributed by atoms with Crippen LogP contribution in [0.3, 0.4) is 0 Å². The molecule has 4 nitrogen and oxygen atoms in total. The zero-order valence-corrected chi connectivity index (χ0v) is 9.46. The summed E-state index contributed by atoms with van der Waals surface area (Å²) in [6.07, 6.45) is 0. The van der Waals surface area contributed by atoms with E-state index in [1.807, 2.05) is 0 Å². The summed E-state index contributed by atoms with van der Waals surface area (Å²) < 4.78 is 27.8. The van der Waals surface area contributed by atoms with Crippen LogP contribution in [-0.2, 0) is 20.3 Å². The quantitative estimate of drug-likeness (QED) is 0.759. The Morgan fingerprint density at radius 1 is 1.27 bits per heavy atom. The summed E-state index contributed by atoms with van der Waals surface area (Å²) in [7, 11) is -1.59. The van der Waals surface area contributed by atoms with E-state index < -0.39 is 9.84 Å². The van der Waals surface area contributed by atoms with Crippen LogP contribution < -0.4 is 5.73 Å². The van der Waals surface area contributed by atoms with E-state index in [4.69, 9.17) is 10.5 Å². The molecule has 15 heavy (non-hydrogen) atoms. The third-order valence-electron chi connectivity index (χ3n) is 1.96. The van der Waals surface area contributed by atoms with Gasteiger partial charge in [-0.15, -0.1) is 0 Å². The molecule has 0 unspecified atom stereocenters. The second-order valence-corrected chi connectivity index (χ2v) is 5.51. The number of ether oxygens (including phenoxy) is 1. The van der Waals surface area contributed by atoms with Crippen LogP contribution in [0.15, 0.2) is 24.3 Å². The molecule has 0 bridgehead atoms. The highest BCUT2D eigenvalue weighted by Gasteiger charge is 2.11. The Hall–Kier alpha value is -1.07. The van der Waals surface area contributed by atoms with Gasteiger partial charge in [0.05, 0.1) is 18.1 Å². The SMILES string of the molecule is COCCS(=O)(=O)Cc1ccc(N)cc1. The molecule has 2 N–H and O–H groups in total. The normalized spacial score (nSPS) is 11.5. The van der Waals surface area contributed by atoms with Gasteiger partial charge >= 0.3 is 0 Å². The first-order valence-electron chi connectivity index (χ1n) is 4.57. The van der Waals surface area contributed by atoms with E-state index >= 15 is 0 Å². The monoisotopic (exact) mass is 229 g/mol. The predicted molar refractivity (Wildman–Crippen MR) is 60.2 cm³/mol. The van der Waals surface area contributed by atoms with Gasteiger partial charge in [0.2, 0.25) is 0 Å². The lowest BCUT2D eigenvalue weighted by Crippen LogP contribution is -2.13. The van der Waals surface area contributed by atoms with Crippen LogP contribution in [0.4, 0.5) is 5.69 Å². The summed E-state index contributed by atoms with van der Waals surface area (Å²) in [5.41, 5.74) is 6.88. The number of methoxy groups -OCH3 is 1. The predicted octanol–water partition coefficient (Wildman–Crippen LogP) is 0.830. The summed E-state index contributed by atoms with van der Waals surface area (Å²) in [4.78, 5) is 0. The molecule has 0 saturated carbocycles. The Labute approximate surface area is 90.0 Å². The molecule has 0 radical (unpaired) electrons. The lowest BCUT2D eigenvalue weighted by Gasteiger charge is -2.04. The van der Waals surface area contributed by atoms with Gasteiger partial charge in [-0.2, -0.15) is 0 Å². The Morgan fingerprint density at radius 3 is 2.40 bits per heavy atom. The van der Waals surface area contributed by atoms with Crippen LogP contribution in [0.25, 0.3) is 0 Å². The van der Waals surface area contributed by atoms with Gasteiger partial charge in [0.1, 0.15) is 0 Å². The van der Waals surface area contributed by atoms with Crippen LogP contribution >= 0.6 is 0 Å². The maximum absolute atomic E-state index is 11.5. The molecule has 84 valence electrons. The fourth-order valence-electron chi connectivity index (χ4n) is 1.15. The van der Waals surface area contributed by atoms with E-state index in [9.17, 15) is 8.42 Å². The van der Waals surface area contributed by atoms with Crippen molar-refractivity contribution < 1.29 is 13.2 Å². The number of hydrogen-bond acceptors (Lipinski definition) is 4. The standard InChI is InChI=1S/C10H15NO3S/c1-14-6-7-15(12,13)8-9-2-4-10(11)5-3-9/h2-5H,6-8,11H2,1H3. The zero-order valence-electron chi connectivity index (χ0n) is 8.64. The zero-order chi connectivity index (χ0) is 11.3. The van der Waals surface area contributed by atoms with E-state index in [0.29, 0.717) is 5.69 Å². The van der Waals surface area contributed by atoms with Gasteiger partial charge < -0.3 is 10.5 Å². The largest absolute Gasteiger partial charge is 0.399 e. The minimum atomic E-state index is -3.08. The van der Waals surface area contributed by atoms with Crippen molar-refractivity contribution in [1.29, 1.82) is 0 Å². The van der Waals surface area contributed by atoms with Gasteiger partial charge in [-0.1, -0.05) is 12.1 Å². The third kappa shape index (κ3) is 4.31. The summed E-state index contributed by atoms with van der Waals surface area (Å²) in [5.74, 6) is 0.0878. The number of nitrogens with two attached hydrogens (primary N) is 1. The Bertz CT molecular complexity index is 397. The minimum Gasteiger partial charge on any atom is -0.399 e. The van der Waals surface area contributed by atoms with Gasteiger partial charge in [0, 0.05) is 12.8 Å². The smallest absolute Gasteiger partial charge is 0.156 e. The summed E-state index contributed by atoms with van der Waals surface area (Å²) in [5, 5.41) is 0. The average molecular weight is 229 g/mol. The molecule has 0 aliphatic rings. The van der Waals surface area contributed by atoms with Crippen LogP contribution in [0.5, 0.6) is 0 Å². The van der Waals surface area contributed by atoms with Crippen molar-refractivity contribution in [3.05, 3.63) is 29.8 Å². The Morgan fingerprint density at radius 2 is 1.87 bits per heavy atom. The van der Waals surface area contributed by atoms with Crippen LogP contribution in [-0.4, -0.2) is 27.9 Å². The highest BCUT2D eigenvalue weighted by Crippen LogP contribution is 2.09. The maximum atomic E-state index is 11.5. The van der Waals surface area contributed by atoms with Gasteiger partial charge in [0.15, 0.2) is 9.84 Å². The average Bonchev–Trinajstić information content (AvgIpc) is 2.18. The van der Waals surface area contributed by atoms with Gasteiger partial charge in [-0.05, 0) is 17.7 Å². The molecule has 0 atom stereocenters. The first-order valence-corrected chi connectivity index (χ1v) is 6.39. The highest BCUT2D eigenvalue weighted by molar-refractivity contribution is 7.90.